The molecular weight excluding hydrogens is 208 g/mol. The number of nitrogens with zero attached hydrogens (tertiary/aromatic N) is 4. The molecular formula is C9H10N6O. The molecule has 0 unspecified atom stereocenters. The number of hydrogen-bond donors (Lipinski definition) is 2. The van der Waals surface area contributed by atoms with Crippen molar-refractivity contribution in [2.24, 2.45) is 0 Å². The summed E-state index contributed by atoms with van der Waals surface area (Å²) in [6, 6.07) is 1.59. The van der Waals surface area contributed by atoms with Crippen molar-refractivity contribution in [3.8, 4) is 5.82 Å². The number of carbonyl (C=O) groups excluding carboxylic acids is 1. The zero-order valence-corrected chi connectivity index (χ0v) is 8.58. The van der Waals surface area contributed by atoms with E-state index in [1.807, 2.05) is 0 Å². The number of amides is 1. The van der Waals surface area contributed by atoms with Gasteiger partial charge < -0.3 is 11.1 Å². The van der Waals surface area contributed by atoms with Gasteiger partial charge in [-0.15, -0.1) is 0 Å². The van der Waals surface area contributed by atoms with Crippen LogP contribution in [-0.4, -0.2) is 32.7 Å². The third-order valence-electron chi connectivity index (χ3n) is 1.92. The minimum Gasteiger partial charge on any atom is -0.382 e. The van der Waals surface area contributed by atoms with E-state index in [0.29, 0.717) is 17.3 Å². The number of nitrogens with two attached hydrogens (primary N) is 1. The second-order valence-corrected chi connectivity index (χ2v) is 3.03. The van der Waals surface area contributed by atoms with Gasteiger partial charge in [-0.3, -0.25) is 9.78 Å². The summed E-state index contributed by atoms with van der Waals surface area (Å²) in [6.45, 7) is 0. The second kappa shape index (κ2) is 3.97. The molecule has 0 saturated carbocycles. The molecule has 0 aliphatic carbocycles. The zero-order chi connectivity index (χ0) is 11.5. The van der Waals surface area contributed by atoms with Crippen LogP contribution in [0.25, 0.3) is 5.82 Å². The fourth-order valence-electron chi connectivity index (χ4n) is 1.18. The third-order valence-corrected chi connectivity index (χ3v) is 1.92. The monoisotopic (exact) mass is 218 g/mol. The molecule has 1 amide bonds. The van der Waals surface area contributed by atoms with E-state index in [1.165, 1.54) is 17.1 Å². The number of hydrogen-bond acceptors (Lipinski definition) is 5. The van der Waals surface area contributed by atoms with Gasteiger partial charge in [0, 0.05) is 13.2 Å². The second-order valence-electron chi connectivity index (χ2n) is 3.03. The van der Waals surface area contributed by atoms with Crippen molar-refractivity contribution in [1.29, 1.82) is 0 Å². The molecule has 0 radical (unpaired) electrons. The van der Waals surface area contributed by atoms with Crippen molar-refractivity contribution in [2.45, 2.75) is 0 Å². The van der Waals surface area contributed by atoms with Crippen LogP contribution < -0.4 is 11.1 Å². The highest BCUT2D eigenvalue weighted by Gasteiger charge is 2.08. The Kier molecular flexibility index (Phi) is 2.50. The number of rotatable bonds is 2. The Morgan fingerprint density at radius 2 is 2.31 bits per heavy atom. The minimum absolute atomic E-state index is 0.254. The molecule has 0 aromatic carbocycles. The van der Waals surface area contributed by atoms with Crippen LogP contribution in [-0.2, 0) is 0 Å². The van der Waals surface area contributed by atoms with Gasteiger partial charge >= 0.3 is 0 Å². The largest absolute Gasteiger partial charge is 0.382 e. The molecule has 7 heteroatoms. The van der Waals surface area contributed by atoms with Crippen molar-refractivity contribution in [3.63, 3.8) is 0 Å². The van der Waals surface area contributed by atoms with E-state index in [1.54, 1.807) is 19.3 Å². The molecule has 2 aromatic heterocycles. The first-order chi connectivity index (χ1) is 7.70. The van der Waals surface area contributed by atoms with Gasteiger partial charge in [0.05, 0.1) is 12.4 Å². The lowest BCUT2D eigenvalue weighted by Crippen LogP contribution is -2.18. The Hall–Kier alpha value is -2.44. The van der Waals surface area contributed by atoms with Crippen molar-refractivity contribution < 1.29 is 4.79 Å². The van der Waals surface area contributed by atoms with Gasteiger partial charge in [0.2, 0.25) is 0 Å². The van der Waals surface area contributed by atoms with Crippen LogP contribution in [0.2, 0.25) is 0 Å². The van der Waals surface area contributed by atoms with Crippen molar-refractivity contribution >= 4 is 11.7 Å². The average Bonchev–Trinajstić information content (AvgIpc) is 2.77. The van der Waals surface area contributed by atoms with E-state index < -0.39 is 0 Å². The average molecular weight is 218 g/mol. The number of nitrogens with one attached hydrogen (secondary N) is 1. The van der Waals surface area contributed by atoms with Crippen LogP contribution >= 0.6 is 0 Å². The van der Waals surface area contributed by atoms with E-state index in [0.717, 1.165) is 0 Å². The number of carbonyl (C=O) groups is 1. The van der Waals surface area contributed by atoms with Crippen molar-refractivity contribution in [2.75, 3.05) is 12.8 Å². The Morgan fingerprint density at radius 1 is 1.50 bits per heavy atom. The van der Waals surface area contributed by atoms with Gasteiger partial charge in [-0.2, -0.15) is 5.10 Å². The van der Waals surface area contributed by atoms with Gasteiger partial charge in [0.25, 0.3) is 5.91 Å². The topological polar surface area (TPSA) is 98.7 Å². The Bertz CT molecular complexity index is 520. The van der Waals surface area contributed by atoms with Crippen LogP contribution in [0, 0.1) is 0 Å². The van der Waals surface area contributed by atoms with E-state index >= 15 is 0 Å². The first-order valence-electron chi connectivity index (χ1n) is 4.56. The maximum Gasteiger partial charge on any atom is 0.271 e. The molecule has 0 aliphatic rings. The SMILES string of the molecule is CNC(=O)c1ccn(-c2cncc(N)n2)n1. The molecule has 7 nitrogen and oxygen atoms in total. The molecule has 16 heavy (non-hydrogen) atoms. The van der Waals surface area contributed by atoms with E-state index in [4.69, 9.17) is 5.73 Å². The Balaban J connectivity index is 2.35. The van der Waals surface area contributed by atoms with Crippen LogP contribution in [0.1, 0.15) is 10.5 Å². The Morgan fingerprint density at radius 3 is 3.00 bits per heavy atom. The highest BCUT2D eigenvalue weighted by atomic mass is 16.1. The molecule has 0 aliphatic heterocycles. The summed E-state index contributed by atoms with van der Waals surface area (Å²) in [6.07, 6.45) is 4.57. The lowest BCUT2D eigenvalue weighted by molar-refractivity contribution is 0.0957. The maximum absolute atomic E-state index is 11.3. The lowest BCUT2D eigenvalue weighted by Gasteiger charge is -1.99. The number of anilines is 1. The van der Waals surface area contributed by atoms with Crippen LogP contribution in [0.4, 0.5) is 5.82 Å². The van der Waals surface area contributed by atoms with Gasteiger partial charge in [0.15, 0.2) is 11.5 Å². The fourth-order valence-corrected chi connectivity index (χ4v) is 1.18. The van der Waals surface area contributed by atoms with Gasteiger partial charge in [-0.1, -0.05) is 0 Å². The molecule has 0 bridgehead atoms. The summed E-state index contributed by atoms with van der Waals surface area (Å²) < 4.78 is 1.44. The molecule has 2 rings (SSSR count). The Labute approximate surface area is 91.3 Å². The number of aromatic nitrogens is 4. The van der Waals surface area contributed by atoms with Crippen molar-refractivity contribution in [3.05, 3.63) is 30.4 Å². The predicted molar refractivity (Wildman–Crippen MR) is 57.0 cm³/mol. The van der Waals surface area contributed by atoms with Crippen molar-refractivity contribution in [1.82, 2.24) is 25.1 Å². The fraction of sp³-hybridized carbons (Fsp3) is 0.111. The maximum atomic E-state index is 11.3. The summed E-state index contributed by atoms with van der Waals surface area (Å²) in [5, 5.41) is 6.52. The lowest BCUT2D eigenvalue weighted by atomic mass is 10.4. The molecule has 0 atom stereocenters. The first-order valence-corrected chi connectivity index (χ1v) is 4.56. The quantitative estimate of drug-likeness (QED) is 0.714. The molecule has 2 aromatic rings. The summed E-state index contributed by atoms with van der Waals surface area (Å²) in [5.74, 6) is 0.514. The zero-order valence-electron chi connectivity index (χ0n) is 8.58. The third kappa shape index (κ3) is 1.83. The van der Waals surface area contributed by atoms with Crippen LogP contribution in [0.15, 0.2) is 24.7 Å². The van der Waals surface area contributed by atoms with E-state index in [2.05, 4.69) is 20.4 Å². The summed E-state index contributed by atoms with van der Waals surface area (Å²) in [7, 11) is 1.54. The molecule has 82 valence electrons. The summed E-state index contributed by atoms with van der Waals surface area (Å²) >= 11 is 0. The summed E-state index contributed by atoms with van der Waals surface area (Å²) in [4.78, 5) is 19.2. The van der Waals surface area contributed by atoms with E-state index in [9.17, 15) is 4.79 Å². The van der Waals surface area contributed by atoms with Gasteiger partial charge in [-0.05, 0) is 6.07 Å². The molecule has 2 heterocycles. The normalized spacial score (nSPS) is 10.1. The molecule has 0 fully saturated rings. The van der Waals surface area contributed by atoms with E-state index in [-0.39, 0.29) is 5.91 Å². The van der Waals surface area contributed by atoms with Crippen LogP contribution in [0.5, 0.6) is 0 Å². The van der Waals surface area contributed by atoms with Gasteiger partial charge in [0.1, 0.15) is 5.82 Å². The predicted octanol–water partition coefficient (Wildman–Crippen LogP) is -0.396. The smallest absolute Gasteiger partial charge is 0.271 e. The standard InChI is InChI=1S/C9H10N6O/c1-11-9(16)6-2-3-15(14-6)8-5-12-4-7(10)13-8/h2-5H,1H3,(H2,10,13)(H,11,16). The minimum atomic E-state index is -0.254. The van der Waals surface area contributed by atoms with Gasteiger partial charge in [-0.25, -0.2) is 9.67 Å². The number of nitrogen functional groups attached to an aromatic ring is 1. The molecule has 0 spiro atoms. The van der Waals surface area contributed by atoms with Crippen LogP contribution in [0.3, 0.4) is 0 Å². The summed E-state index contributed by atoms with van der Waals surface area (Å²) in [5.41, 5.74) is 5.81. The molecule has 0 saturated heterocycles. The highest BCUT2D eigenvalue weighted by Crippen LogP contribution is 2.04. The highest BCUT2D eigenvalue weighted by molar-refractivity contribution is 5.91. The first kappa shape index (κ1) is 10.1. The molecule has 3 N–H and O–H groups in total.